The predicted octanol–water partition coefficient (Wildman–Crippen LogP) is 1.65. The lowest BCUT2D eigenvalue weighted by Crippen LogP contribution is -2.35. The molecule has 2 aliphatic heterocycles. The molecule has 1 unspecified atom stereocenters. The molecule has 32 heavy (non-hydrogen) atoms. The highest BCUT2D eigenvalue weighted by molar-refractivity contribution is 5.68. The Labute approximate surface area is 185 Å². The second kappa shape index (κ2) is 8.73. The highest BCUT2D eigenvalue weighted by Gasteiger charge is 2.24. The molecule has 0 saturated carbocycles. The zero-order valence-electron chi connectivity index (χ0n) is 17.6. The van der Waals surface area contributed by atoms with E-state index in [1.54, 1.807) is 22.9 Å². The molecule has 8 nitrogen and oxygen atoms in total. The van der Waals surface area contributed by atoms with Crippen molar-refractivity contribution in [3.8, 4) is 40.6 Å². The Kier molecular flexibility index (Phi) is 5.48. The summed E-state index contributed by atoms with van der Waals surface area (Å²) in [5, 5.41) is 3.01. The van der Waals surface area contributed by atoms with Gasteiger partial charge in [-0.05, 0) is 43.3 Å². The first-order valence-corrected chi connectivity index (χ1v) is 10.5. The van der Waals surface area contributed by atoms with Crippen LogP contribution in [0.4, 0.5) is 0 Å². The molecule has 0 amide bonds. The number of rotatable bonds is 4. The number of nitrogens with one attached hydrogen (secondary N) is 1. The lowest BCUT2D eigenvalue weighted by atomic mass is 9.95. The van der Waals surface area contributed by atoms with Crippen molar-refractivity contribution in [2.24, 2.45) is 0 Å². The van der Waals surface area contributed by atoms with Crippen LogP contribution in [0.2, 0.25) is 0 Å². The average Bonchev–Trinajstić information content (AvgIpc) is 2.82. The van der Waals surface area contributed by atoms with Gasteiger partial charge in [-0.25, -0.2) is 9.78 Å². The smallest absolute Gasteiger partial charge is 0.351 e. The van der Waals surface area contributed by atoms with Gasteiger partial charge in [0.15, 0.2) is 11.9 Å². The zero-order valence-corrected chi connectivity index (χ0v) is 17.6. The summed E-state index contributed by atoms with van der Waals surface area (Å²) < 4.78 is 19.0. The number of hydrogen-bond donors (Lipinski definition) is 1. The molecule has 0 spiro atoms. The van der Waals surface area contributed by atoms with Crippen LogP contribution in [-0.4, -0.2) is 47.4 Å². The van der Waals surface area contributed by atoms with E-state index in [-0.39, 0.29) is 24.3 Å². The minimum absolute atomic E-state index is 0.205. The van der Waals surface area contributed by atoms with E-state index in [1.807, 2.05) is 25.2 Å². The number of aromatic nitrogens is 3. The van der Waals surface area contributed by atoms with Crippen LogP contribution in [0.15, 0.2) is 47.4 Å². The van der Waals surface area contributed by atoms with Crippen LogP contribution in [-0.2, 0) is 13.0 Å². The monoisotopic (exact) mass is 430 g/mol. The fraction of sp³-hybridized carbons (Fsp3) is 0.292. The number of benzene rings is 1. The molecular weight excluding hydrogens is 408 g/mol. The molecule has 3 aromatic rings. The van der Waals surface area contributed by atoms with E-state index in [1.165, 1.54) is 0 Å². The zero-order chi connectivity index (χ0) is 21.9. The average molecular weight is 430 g/mol. The Balaban J connectivity index is 1.35. The fourth-order valence-corrected chi connectivity index (χ4v) is 3.81. The fourth-order valence-electron chi connectivity index (χ4n) is 3.81. The van der Waals surface area contributed by atoms with Gasteiger partial charge in [0.2, 0.25) is 5.88 Å². The highest BCUT2D eigenvalue weighted by Crippen LogP contribution is 2.31. The van der Waals surface area contributed by atoms with Gasteiger partial charge >= 0.3 is 5.69 Å². The Morgan fingerprint density at radius 3 is 3.16 bits per heavy atom. The molecule has 0 radical (unpaired) electrons. The molecule has 2 aliphatic rings. The van der Waals surface area contributed by atoms with E-state index in [4.69, 9.17) is 14.2 Å². The third kappa shape index (κ3) is 4.03. The van der Waals surface area contributed by atoms with Gasteiger partial charge in [-0.3, -0.25) is 4.57 Å². The van der Waals surface area contributed by atoms with Crippen molar-refractivity contribution >= 4 is 0 Å². The number of fused-ring (bicyclic) bond motifs is 4. The van der Waals surface area contributed by atoms with Crippen molar-refractivity contribution in [2.75, 3.05) is 26.8 Å². The Morgan fingerprint density at radius 1 is 1.31 bits per heavy atom. The van der Waals surface area contributed by atoms with Gasteiger partial charge in [0.05, 0.1) is 12.2 Å². The van der Waals surface area contributed by atoms with Crippen molar-refractivity contribution in [3.05, 3.63) is 64.2 Å². The molecule has 8 heteroatoms. The second-order valence-electron chi connectivity index (χ2n) is 7.54. The number of pyridine rings is 1. The standard InChI is InChI=1S/C24H22N4O4/c1-25-9-2-4-16-6-7-19-17(12-16)8-11-28-20(19)13-22(27-24(28)29)30-14-18-15-31-23-21(32-18)5-3-10-26-23/h3,5-7,10,12-13,18,25H,8-9,11,14-15H2,1H3. The van der Waals surface area contributed by atoms with Crippen molar-refractivity contribution in [1.82, 2.24) is 19.9 Å². The molecule has 0 aliphatic carbocycles. The van der Waals surface area contributed by atoms with E-state index in [0.29, 0.717) is 31.3 Å². The molecular formula is C24H22N4O4. The van der Waals surface area contributed by atoms with Crippen LogP contribution in [0.5, 0.6) is 17.5 Å². The molecule has 2 aromatic heterocycles. The van der Waals surface area contributed by atoms with Gasteiger partial charge in [-0.15, -0.1) is 0 Å². The van der Waals surface area contributed by atoms with Crippen molar-refractivity contribution < 1.29 is 14.2 Å². The molecule has 1 N–H and O–H groups in total. The van der Waals surface area contributed by atoms with Crippen LogP contribution < -0.4 is 25.2 Å². The summed E-state index contributed by atoms with van der Waals surface area (Å²) in [7, 11) is 1.87. The molecule has 1 aromatic carbocycles. The van der Waals surface area contributed by atoms with E-state index < -0.39 is 0 Å². The summed E-state index contributed by atoms with van der Waals surface area (Å²) in [6, 6.07) is 11.5. The Morgan fingerprint density at radius 2 is 2.25 bits per heavy atom. The first kappa shape index (κ1) is 20.1. The van der Waals surface area contributed by atoms with Crippen LogP contribution in [0, 0.1) is 11.8 Å². The number of hydrogen-bond acceptors (Lipinski definition) is 7. The van der Waals surface area contributed by atoms with Gasteiger partial charge < -0.3 is 19.5 Å². The molecule has 5 rings (SSSR count). The maximum Gasteiger partial charge on any atom is 0.351 e. The molecule has 1 atom stereocenters. The summed E-state index contributed by atoms with van der Waals surface area (Å²) in [5.41, 5.74) is 3.59. The largest absolute Gasteiger partial charge is 0.478 e. The van der Waals surface area contributed by atoms with E-state index in [0.717, 1.165) is 28.8 Å². The van der Waals surface area contributed by atoms with E-state index in [9.17, 15) is 4.79 Å². The first-order valence-electron chi connectivity index (χ1n) is 10.5. The first-order chi connectivity index (χ1) is 15.7. The van der Waals surface area contributed by atoms with Gasteiger partial charge in [0.25, 0.3) is 5.88 Å². The highest BCUT2D eigenvalue weighted by atomic mass is 16.6. The molecule has 4 heterocycles. The van der Waals surface area contributed by atoms with Crippen molar-refractivity contribution in [3.63, 3.8) is 0 Å². The maximum absolute atomic E-state index is 12.6. The Hall–Kier alpha value is -3.83. The molecule has 0 bridgehead atoms. The van der Waals surface area contributed by atoms with Gasteiger partial charge in [-0.2, -0.15) is 4.98 Å². The van der Waals surface area contributed by atoms with E-state index >= 15 is 0 Å². The van der Waals surface area contributed by atoms with Crippen molar-refractivity contribution in [1.29, 1.82) is 0 Å². The lowest BCUT2D eigenvalue weighted by molar-refractivity contribution is 0.0486. The number of aryl methyl sites for hydroxylation is 1. The lowest BCUT2D eigenvalue weighted by Gasteiger charge is -2.25. The van der Waals surface area contributed by atoms with Crippen molar-refractivity contribution in [2.45, 2.75) is 19.1 Å². The van der Waals surface area contributed by atoms with Gasteiger partial charge in [0, 0.05) is 29.9 Å². The SMILES string of the molecule is CNCC#Cc1ccc2c(c1)CCn1c-2cc(OCC2COc3ncccc3O2)nc1=O. The number of nitrogens with zero attached hydrogens (tertiary/aromatic N) is 3. The van der Waals surface area contributed by atoms with Crippen LogP contribution >= 0.6 is 0 Å². The summed E-state index contributed by atoms with van der Waals surface area (Å²) in [5.74, 6) is 7.56. The van der Waals surface area contributed by atoms with Crippen LogP contribution in [0.25, 0.3) is 11.3 Å². The summed E-state index contributed by atoms with van der Waals surface area (Å²) in [6.45, 7) is 1.73. The second-order valence-corrected chi connectivity index (χ2v) is 7.54. The summed E-state index contributed by atoms with van der Waals surface area (Å²) in [4.78, 5) is 20.9. The van der Waals surface area contributed by atoms with E-state index in [2.05, 4.69) is 33.2 Å². The van der Waals surface area contributed by atoms with Gasteiger partial charge in [-0.1, -0.05) is 17.9 Å². The molecule has 162 valence electrons. The quantitative estimate of drug-likeness (QED) is 0.630. The topological polar surface area (TPSA) is 87.5 Å². The third-order valence-corrected chi connectivity index (χ3v) is 5.32. The maximum atomic E-state index is 12.6. The predicted molar refractivity (Wildman–Crippen MR) is 118 cm³/mol. The minimum Gasteiger partial charge on any atom is -0.478 e. The molecule has 0 fully saturated rings. The molecule has 0 saturated heterocycles. The summed E-state index contributed by atoms with van der Waals surface area (Å²) >= 11 is 0. The Bertz CT molecular complexity index is 1270. The minimum atomic E-state index is -0.323. The van der Waals surface area contributed by atoms with Gasteiger partial charge in [0.1, 0.15) is 13.2 Å². The third-order valence-electron chi connectivity index (χ3n) is 5.32. The number of ether oxygens (including phenoxy) is 3. The normalized spacial score (nSPS) is 15.7. The van der Waals surface area contributed by atoms with Crippen LogP contribution in [0.3, 0.4) is 0 Å². The summed E-state index contributed by atoms with van der Waals surface area (Å²) in [6.07, 6.45) is 2.09. The van der Waals surface area contributed by atoms with Crippen LogP contribution in [0.1, 0.15) is 11.1 Å².